The number of nitrogens with zero attached hydrogens (tertiary/aromatic N) is 2. The number of aliphatic imine (C=N–C) groups is 1. The van der Waals surface area contributed by atoms with E-state index in [9.17, 15) is 9.18 Å². The van der Waals surface area contributed by atoms with Crippen molar-refractivity contribution in [3.05, 3.63) is 64.7 Å². The van der Waals surface area contributed by atoms with E-state index in [1.165, 1.54) is 12.1 Å². The van der Waals surface area contributed by atoms with Crippen LogP contribution in [-0.2, 0) is 17.8 Å². The number of ketones is 1. The molecule has 118 valence electrons. The van der Waals surface area contributed by atoms with Crippen molar-refractivity contribution in [3.63, 3.8) is 0 Å². The van der Waals surface area contributed by atoms with E-state index in [4.69, 9.17) is 5.73 Å². The van der Waals surface area contributed by atoms with Gasteiger partial charge in [-0.3, -0.25) is 14.8 Å². The summed E-state index contributed by atoms with van der Waals surface area (Å²) in [7, 11) is 0. The quantitative estimate of drug-likeness (QED) is 0.923. The molecule has 0 bridgehead atoms. The van der Waals surface area contributed by atoms with Crippen molar-refractivity contribution < 1.29 is 9.18 Å². The fourth-order valence-electron chi connectivity index (χ4n) is 2.79. The average Bonchev–Trinajstić information content (AvgIpc) is 2.88. The minimum atomic E-state index is -0.267. The fraction of sp³-hybridized carbons (Fsp3) is 0.278. The molecular formula is C18H18FN3O. The minimum Gasteiger partial charge on any atom is -0.383 e. The number of nitrogens with two attached hydrogens (primary N) is 1. The Morgan fingerprint density at radius 1 is 1.35 bits per heavy atom. The Morgan fingerprint density at radius 3 is 2.83 bits per heavy atom. The van der Waals surface area contributed by atoms with Gasteiger partial charge in [-0.2, -0.15) is 0 Å². The van der Waals surface area contributed by atoms with Crippen LogP contribution in [0, 0.1) is 5.82 Å². The smallest absolute Gasteiger partial charge is 0.139 e. The van der Waals surface area contributed by atoms with Gasteiger partial charge in [0.1, 0.15) is 17.4 Å². The first-order valence-electron chi connectivity index (χ1n) is 7.58. The maximum absolute atomic E-state index is 12.9. The molecule has 2 N–H and O–H groups in total. The molecule has 23 heavy (non-hydrogen) atoms. The van der Waals surface area contributed by atoms with Gasteiger partial charge in [0.15, 0.2) is 0 Å². The molecule has 2 aromatic rings. The number of pyridine rings is 1. The summed E-state index contributed by atoms with van der Waals surface area (Å²) in [5.74, 6) is 0.407. The number of benzene rings is 1. The maximum atomic E-state index is 12.9. The molecule has 0 aliphatic carbocycles. The molecule has 4 nitrogen and oxygen atoms in total. The van der Waals surface area contributed by atoms with Crippen LogP contribution in [0.15, 0.2) is 41.5 Å². The van der Waals surface area contributed by atoms with Crippen LogP contribution < -0.4 is 5.73 Å². The maximum Gasteiger partial charge on any atom is 0.139 e. The lowest BCUT2D eigenvalue weighted by Crippen LogP contribution is -2.12. The predicted molar refractivity (Wildman–Crippen MR) is 86.8 cm³/mol. The van der Waals surface area contributed by atoms with E-state index in [-0.39, 0.29) is 17.5 Å². The minimum absolute atomic E-state index is 0.0523. The number of carbonyl (C=O) groups excluding carboxylic acids is 1. The number of rotatable bonds is 5. The molecule has 0 spiro atoms. The summed E-state index contributed by atoms with van der Waals surface area (Å²) in [4.78, 5) is 20.7. The average molecular weight is 311 g/mol. The highest BCUT2D eigenvalue weighted by atomic mass is 19.1. The summed E-state index contributed by atoms with van der Waals surface area (Å²) in [6.07, 6.45) is 2.38. The largest absolute Gasteiger partial charge is 0.383 e. The highest BCUT2D eigenvalue weighted by Crippen LogP contribution is 2.21. The molecule has 2 heterocycles. The van der Waals surface area contributed by atoms with E-state index >= 15 is 0 Å². The third-order valence-electron chi connectivity index (χ3n) is 4.09. The van der Waals surface area contributed by atoms with Crippen LogP contribution in [0.25, 0.3) is 0 Å². The topological polar surface area (TPSA) is 68.3 Å². The molecular weight excluding hydrogens is 293 g/mol. The van der Waals surface area contributed by atoms with Gasteiger partial charge in [-0.25, -0.2) is 4.39 Å². The molecule has 0 unspecified atom stereocenters. The number of hydrogen-bond donors (Lipinski definition) is 1. The molecule has 1 aliphatic heterocycles. The van der Waals surface area contributed by atoms with Crippen LogP contribution in [0.2, 0.25) is 0 Å². The lowest BCUT2D eigenvalue weighted by Gasteiger charge is -2.11. The van der Waals surface area contributed by atoms with Crippen LogP contribution in [-0.4, -0.2) is 16.6 Å². The van der Waals surface area contributed by atoms with Gasteiger partial charge < -0.3 is 5.73 Å². The molecule has 0 saturated carbocycles. The van der Waals surface area contributed by atoms with Crippen molar-refractivity contribution >= 4 is 11.6 Å². The van der Waals surface area contributed by atoms with E-state index in [1.807, 2.05) is 13.0 Å². The highest BCUT2D eigenvalue weighted by molar-refractivity contribution is 6.00. The number of halogens is 1. The van der Waals surface area contributed by atoms with Crippen molar-refractivity contribution in [2.24, 2.45) is 10.7 Å². The summed E-state index contributed by atoms with van der Waals surface area (Å²) in [6, 6.07) is 8.19. The number of amidine groups is 1. The predicted octanol–water partition coefficient (Wildman–Crippen LogP) is 2.75. The summed E-state index contributed by atoms with van der Waals surface area (Å²) >= 11 is 0. The van der Waals surface area contributed by atoms with Gasteiger partial charge in [-0.15, -0.1) is 0 Å². The number of hydrogen-bond acceptors (Lipinski definition) is 4. The van der Waals surface area contributed by atoms with Gasteiger partial charge in [-0.05, 0) is 35.2 Å². The third-order valence-corrected chi connectivity index (χ3v) is 4.09. The fourth-order valence-corrected chi connectivity index (χ4v) is 2.79. The van der Waals surface area contributed by atoms with Crippen molar-refractivity contribution in [1.29, 1.82) is 0 Å². The first-order valence-corrected chi connectivity index (χ1v) is 7.58. The van der Waals surface area contributed by atoms with Gasteiger partial charge in [-0.1, -0.05) is 19.1 Å². The number of Topliss-reactive ketones (excluding diaryl/α,β-unsaturated/α-hetero) is 1. The monoisotopic (exact) mass is 311 g/mol. The molecule has 1 aromatic heterocycles. The Labute approximate surface area is 134 Å². The second kappa shape index (κ2) is 6.28. The molecule has 1 aromatic carbocycles. The van der Waals surface area contributed by atoms with Crippen LogP contribution in [0.1, 0.15) is 41.6 Å². The van der Waals surface area contributed by atoms with Crippen LogP contribution in [0.3, 0.4) is 0 Å². The molecule has 5 heteroatoms. The van der Waals surface area contributed by atoms with Gasteiger partial charge in [0.2, 0.25) is 0 Å². The van der Waals surface area contributed by atoms with Crippen LogP contribution >= 0.6 is 0 Å². The normalized spacial score (nSPS) is 14.3. The molecule has 0 fully saturated rings. The van der Waals surface area contributed by atoms with Crippen molar-refractivity contribution in [1.82, 2.24) is 4.98 Å². The molecule has 0 amide bonds. The zero-order chi connectivity index (χ0) is 16.4. The lowest BCUT2D eigenvalue weighted by molar-refractivity contribution is -0.118. The van der Waals surface area contributed by atoms with E-state index in [0.29, 0.717) is 25.2 Å². The first-order chi connectivity index (χ1) is 11.0. The standard InChI is InChI=1S/C18H18FN3O/c1-11(12-2-4-14(19)5-3-12)6-16(23)8-15-7-13-9-22-18(20)17(13)10-21-15/h2-5,7,10-11H,6,8-9H2,1H3,(H2,20,22)/t11-/m0/s1. The van der Waals surface area contributed by atoms with Gasteiger partial charge in [0, 0.05) is 30.3 Å². The SMILES string of the molecule is C[C@@H](CC(=O)Cc1cc2c(cn1)C(N)=NC2)c1ccc(F)cc1. The van der Waals surface area contributed by atoms with Crippen molar-refractivity contribution in [2.45, 2.75) is 32.2 Å². The zero-order valence-corrected chi connectivity index (χ0v) is 12.9. The summed E-state index contributed by atoms with van der Waals surface area (Å²) in [5, 5.41) is 0. The second-order valence-corrected chi connectivity index (χ2v) is 5.91. The lowest BCUT2D eigenvalue weighted by atomic mass is 9.94. The van der Waals surface area contributed by atoms with Crippen LogP contribution in [0.4, 0.5) is 4.39 Å². The highest BCUT2D eigenvalue weighted by Gasteiger charge is 2.17. The van der Waals surface area contributed by atoms with Gasteiger partial charge in [0.25, 0.3) is 0 Å². The van der Waals surface area contributed by atoms with E-state index in [1.54, 1.807) is 18.3 Å². The summed E-state index contributed by atoms with van der Waals surface area (Å²) < 4.78 is 12.9. The zero-order valence-electron chi connectivity index (χ0n) is 12.9. The number of carbonyl (C=O) groups is 1. The van der Waals surface area contributed by atoms with E-state index in [2.05, 4.69) is 9.98 Å². The summed E-state index contributed by atoms with van der Waals surface area (Å²) in [6.45, 7) is 2.52. The Balaban J connectivity index is 1.62. The van der Waals surface area contributed by atoms with Crippen LogP contribution in [0.5, 0.6) is 0 Å². The molecule has 1 atom stereocenters. The second-order valence-electron chi connectivity index (χ2n) is 5.91. The van der Waals surface area contributed by atoms with Gasteiger partial charge >= 0.3 is 0 Å². The molecule has 3 rings (SSSR count). The van der Waals surface area contributed by atoms with E-state index < -0.39 is 0 Å². The Morgan fingerprint density at radius 2 is 2.09 bits per heavy atom. The van der Waals surface area contributed by atoms with Crippen molar-refractivity contribution in [3.8, 4) is 0 Å². The van der Waals surface area contributed by atoms with Gasteiger partial charge in [0.05, 0.1) is 6.54 Å². The van der Waals surface area contributed by atoms with E-state index in [0.717, 1.165) is 22.4 Å². The Hall–Kier alpha value is -2.56. The molecule has 1 aliphatic rings. The molecule has 0 radical (unpaired) electrons. The van der Waals surface area contributed by atoms with Crippen molar-refractivity contribution in [2.75, 3.05) is 0 Å². The summed E-state index contributed by atoms with van der Waals surface area (Å²) in [5.41, 5.74) is 9.34. The number of aromatic nitrogens is 1. The first kappa shape index (κ1) is 15.3. The Bertz CT molecular complexity index is 768. The Kier molecular flexibility index (Phi) is 4.19. The number of fused-ring (bicyclic) bond motifs is 1. The third kappa shape index (κ3) is 3.44. The molecule has 0 saturated heterocycles.